The standard InChI is InChI=1S/C23H20ClN5O2S/c1-15-4-2-3-5-18(15)21-26-29-20(30)14-19(25-23(29)32-21)27-10-12-28(13-11-27)22(31)16-6-8-17(24)9-7-16/h2-9,14H,10-13H2,1H3. The molecular formula is C23H20ClN5O2S. The van der Waals surface area contributed by atoms with Crippen LogP contribution >= 0.6 is 22.9 Å². The summed E-state index contributed by atoms with van der Waals surface area (Å²) in [6, 6.07) is 16.4. The average molecular weight is 466 g/mol. The zero-order valence-electron chi connectivity index (χ0n) is 17.4. The second kappa shape index (κ2) is 8.37. The van der Waals surface area contributed by atoms with Crippen molar-refractivity contribution in [3.8, 4) is 10.6 Å². The minimum Gasteiger partial charge on any atom is -0.353 e. The Morgan fingerprint density at radius 2 is 1.75 bits per heavy atom. The van der Waals surface area contributed by atoms with E-state index in [0.717, 1.165) is 16.1 Å². The molecule has 0 aliphatic carbocycles. The van der Waals surface area contributed by atoms with Crippen LogP contribution < -0.4 is 10.5 Å². The number of hydrogen-bond acceptors (Lipinski definition) is 6. The third-order valence-electron chi connectivity index (χ3n) is 5.59. The lowest BCUT2D eigenvalue weighted by atomic mass is 10.1. The molecule has 9 heteroatoms. The Morgan fingerprint density at radius 3 is 2.47 bits per heavy atom. The Balaban J connectivity index is 1.35. The normalized spacial score (nSPS) is 14.2. The molecular weight excluding hydrogens is 446 g/mol. The fourth-order valence-corrected chi connectivity index (χ4v) is 4.91. The molecule has 2 aromatic heterocycles. The Morgan fingerprint density at radius 1 is 1.03 bits per heavy atom. The van der Waals surface area contributed by atoms with Crippen LogP contribution in [0.25, 0.3) is 15.5 Å². The molecule has 3 heterocycles. The molecule has 0 N–H and O–H groups in total. The van der Waals surface area contributed by atoms with E-state index < -0.39 is 0 Å². The molecule has 0 unspecified atom stereocenters. The molecule has 0 spiro atoms. The van der Waals surface area contributed by atoms with Gasteiger partial charge >= 0.3 is 0 Å². The first kappa shape index (κ1) is 20.7. The van der Waals surface area contributed by atoms with Crippen LogP contribution in [0.1, 0.15) is 15.9 Å². The highest BCUT2D eigenvalue weighted by atomic mass is 35.5. The summed E-state index contributed by atoms with van der Waals surface area (Å²) in [5.41, 5.74) is 2.51. The molecule has 4 aromatic rings. The van der Waals surface area contributed by atoms with Gasteiger partial charge < -0.3 is 9.80 Å². The van der Waals surface area contributed by atoms with E-state index in [0.29, 0.717) is 47.5 Å². The van der Waals surface area contributed by atoms with Gasteiger partial charge in [0.05, 0.1) is 0 Å². The lowest BCUT2D eigenvalue weighted by Crippen LogP contribution is -2.49. The van der Waals surface area contributed by atoms with Crippen molar-refractivity contribution in [2.75, 3.05) is 31.1 Å². The smallest absolute Gasteiger partial charge is 0.277 e. The highest BCUT2D eigenvalue weighted by molar-refractivity contribution is 7.19. The number of halogens is 1. The number of amides is 1. The number of aryl methyl sites for hydroxylation is 1. The van der Waals surface area contributed by atoms with Crippen molar-refractivity contribution in [1.29, 1.82) is 0 Å². The number of carbonyl (C=O) groups excluding carboxylic acids is 1. The molecule has 0 bridgehead atoms. The third kappa shape index (κ3) is 3.87. The molecule has 32 heavy (non-hydrogen) atoms. The predicted molar refractivity (Wildman–Crippen MR) is 127 cm³/mol. The number of aromatic nitrogens is 3. The van der Waals surface area contributed by atoms with Crippen molar-refractivity contribution in [1.82, 2.24) is 19.5 Å². The lowest BCUT2D eigenvalue weighted by molar-refractivity contribution is 0.0746. The number of rotatable bonds is 3. The van der Waals surface area contributed by atoms with Gasteiger partial charge in [0.2, 0.25) is 4.96 Å². The number of piperazine rings is 1. The average Bonchev–Trinajstić information content (AvgIpc) is 3.24. The number of carbonyl (C=O) groups is 1. The summed E-state index contributed by atoms with van der Waals surface area (Å²) in [6.07, 6.45) is 0. The number of nitrogens with zero attached hydrogens (tertiary/aromatic N) is 5. The first-order chi connectivity index (χ1) is 15.5. The van der Waals surface area contributed by atoms with E-state index >= 15 is 0 Å². The molecule has 1 aliphatic rings. The number of anilines is 1. The van der Waals surface area contributed by atoms with E-state index in [-0.39, 0.29) is 11.5 Å². The zero-order valence-corrected chi connectivity index (χ0v) is 18.9. The Kier molecular flexibility index (Phi) is 5.40. The van der Waals surface area contributed by atoms with Gasteiger partial charge in [-0.2, -0.15) is 9.61 Å². The van der Waals surface area contributed by atoms with Crippen LogP contribution in [0.3, 0.4) is 0 Å². The van der Waals surface area contributed by atoms with Gasteiger partial charge in [-0.05, 0) is 36.8 Å². The monoisotopic (exact) mass is 465 g/mol. The molecule has 7 nitrogen and oxygen atoms in total. The van der Waals surface area contributed by atoms with E-state index in [2.05, 4.69) is 5.10 Å². The van der Waals surface area contributed by atoms with Gasteiger partial charge in [-0.3, -0.25) is 9.59 Å². The first-order valence-corrected chi connectivity index (χ1v) is 11.5. The van der Waals surface area contributed by atoms with E-state index in [1.54, 1.807) is 24.3 Å². The third-order valence-corrected chi connectivity index (χ3v) is 6.78. The number of fused-ring (bicyclic) bond motifs is 1. The fraction of sp³-hybridized carbons (Fsp3) is 0.217. The molecule has 2 aromatic carbocycles. The molecule has 1 aliphatic heterocycles. The topological polar surface area (TPSA) is 70.8 Å². The SMILES string of the molecule is Cc1ccccc1-c1nn2c(=O)cc(N3CCN(C(=O)c4ccc(Cl)cc4)CC3)nc2s1. The number of hydrogen-bond donors (Lipinski definition) is 0. The van der Waals surface area contributed by atoms with Crippen molar-refractivity contribution in [3.05, 3.63) is 81.1 Å². The van der Waals surface area contributed by atoms with Crippen LogP contribution in [0.2, 0.25) is 5.02 Å². The van der Waals surface area contributed by atoms with Crippen LogP contribution in [0, 0.1) is 6.92 Å². The minimum absolute atomic E-state index is 0.0184. The van der Waals surface area contributed by atoms with Crippen LogP contribution in [-0.4, -0.2) is 51.6 Å². The molecule has 0 radical (unpaired) electrons. The lowest BCUT2D eigenvalue weighted by Gasteiger charge is -2.35. The molecule has 162 valence electrons. The second-order valence-electron chi connectivity index (χ2n) is 7.66. The summed E-state index contributed by atoms with van der Waals surface area (Å²) in [5.74, 6) is 0.601. The Hall–Kier alpha value is -3.23. The van der Waals surface area contributed by atoms with Gasteiger partial charge in [0.1, 0.15) is 10.8 Å². The summed E-state index contributed by atoms with van der Waals surface area (Å²) in [7, 11) is 0. The zero-order chi connectivity index (χ0) is 22.2. The first-order valence-electron chi connectivity index (χ1n) is 10.3. The summed E-state index contributed by atoms with van der Waals surface area (Å²) >= 11 is 7.32. The van der Waals surface area contributed by atoms with Crippen LogP contribution in [-0.2, 0) is 0 Å². The molecule has 0 saturated carbocycles. The quantitative estimate of drug-likeness (QED) is 0.461. The second-order valence-corrected chi connectivity index (χ2v) is 9.05. The summed E-state index contributed by atoms with van der Waals surface area (Å²) < 4.78 is 1.36. The molecule has 0 atom stereocenters. The van der Waals surface area contributed by atoms with Crippen LogP contribution in [0.15, 0.2) is 59.4 Å². The maximum Gasteiger partial charge on any atom is 0.277 e. The van der Waals surface area contributed by atoms with Crippen LogP contribution in [0.4, 0.5) is 5.82 Å². The van der Waals surface area contributed by atoms with E-state index in [9.17, 15) is 9.59 Å². The van der Waals surface area contributed by atoms with E-state index in [1.165, 1.54) is 21.9 Å². The van der Waals surface area contributed by atoms with Gasteiger partial charge in [0, 0.05) is 48.4 Å². The van der Waals surface area contributed by atoms with Gasteiger partial charge in [0.15, 0.2) is 0 Å². The van der Waals surface area contributed by atoms with Crippen molar-refractivity contribution >= 4 is 39.6 Å². The summed E-state index contributed by atoms with van der Waals surface area (Å²) in [5, 5.41) is 5.86. The molecule has 1 saturated heterocycles. The maximum absolute atomic E-state index is 12.7. The van der Waals surface area contributed by atoms with Gasteiger partial charge in [-0.25, -0.2) is 4.98 Å². The fourth-order valence-electron chi connectivity index (χ4n) is 3.80. The Labute approximate surface area is 193 Å². The maximum atomic E-state index is 12.7. The number of benzene rings is 2. The molecule has 1 fully saturated rings. The largest absolute Gasteiger partial charge is 0.353 e. The van der Waals surface area contributed by atoms with Crippen molar-refractivity contribution in [2.24, 2.45) is 0 Å². The van der Waals surface area contributed by atoms with Crippen molar-refractivity contribution in [2.45, 2.75) is 6.92 Å². The van der Waals surface area contributed by atoms with E-state index in [4.69, 9.17) is 16.6 Å². The highest BCUT2D eigenvalue weighted by Gasteiger charge is 2.24. The van der Waals surface area contributed by atoms with Crippen molar-refractivity contribution in [3.63, 3.8) is 0 Å². The van der Waals surface area contributed by atoms with Gasteiger partial charge in [-0.15, -0.1) is 0 Å². The minimum atomic E-state index is -0.208. The van der Waals surface area contributed by atoms with Crippen LogP contribution in [0.5, 0.6) is 0 Å². The van der Waals surface area contributed by atoms with E-state index in [1.807, 2.05) is 41.0 Å². The molecule has 1 amide bonds. The Bertz CT molecular complexity index is 1360. The van der Waals surface area contributed by atoms with Crippen molar-refractivity contribution < 1.29 is 4.79 Å². The molecule has 5 rings (SSSR count). The highest BCUT2D eigenvalue weighted by Crippen LogP contribution is 2.28. The van der Waals surface area contributed by atoms with Gasteiger partial charge in [0.25, 0.3) is 11.5 Å². The summed E-state index contributed by atoms with van der Waals surface area (Å²) in [6.45, 7) is 4.34. The predicted octanol–water partition coefficient (Wildman–Crippen LogP) is 3.74. The summed E-state index contributed by atoms with van der Waals surface area (Å²) in [4.78, 5) is 34.6. The van der Waals surface area contributed by atoms with Gasteiger partial charge in [-0.1, -0.05) is 47.2 Å².